The van der Waals surface area contributed by atoms with Crippen molar-refractivity contribution in [1.82, 2.24) is 10.2 Å². The summed E-state index contributed by atoms with van der Waals surface area (Å²) >= 11 is 0. The van der Waals surface area contributed by atoms with Gasteiger partial charge >= 0.3 is 0 Å². The van der Waals surface area contributed by atoms with Crippen molar-refractivity contribution in [3.8, 4) is 0 Å². The number of likely N-dealkylation sites (tertiary alicyclic amines) is 1. The minimum absolute atomic E-state index is 0.0330. The number of fused-ring (bicyclic) bond motifs is 2. The number of carbonyl (C=O) groups excluding carboxylic acids is 1. The topological polar surface area (TPSA) is 32.3 Å². The summed E-state index contributed by atoms with van der Waals surface area (Å²) in [7, 11) is 0. The van der Waals surface area contributed by atoms with Gasteiger partial charge in [0.2, 0.25) is 5.91 Å². The van der Waals surface area contributed by atoms with Crippen LogP contribution in [-0.4, -0.2) is 29.9 Å². The highest BCUT2D eigenvalue weighted by Crippen LogP contribution is 2.51. The average molecular weight is 330 g/mol. The third-order valence-corrected chi connectivity index (χ3v) is 6.41. The zero-order valence-corrected chi connectivity index (χ0v) is 14.5. The normalized spacial score (nSPS) is 30.7. The van der Waals surface area contributed by atoms with Crippen molar-refractivity contribution in [2.45, 2.75) is 69.4 Å². The summed E-state index contributed by atoms with van der Waals surface area (Å²) in [5.74, 6) is -0.238. The van der Waals surface area contributed by atoms with Crippen LogP contribution < -0.4 is 5.32 Å². The molecule has 1 aliphatic heterocycles. The molecule has 4 rings (SSSR count). The van der Waals surface area contributed by atoms with Crippen LogP contribution >= 0.6 is 0 Å². The molecular weight excluding hydrogens is 303 g/mol. The number of nitrogens with zero attached hydrogens (tertiary/aromatic N) is 1. The highest BCUT2D eigenvalue weighted by molar-refractivity contribution is 5.74. The summed E-state index contributed by atoms with van der Waals surface area (Å²) in [6, 6.07) is 5.87. The molecule has 1 saturated heterocycles. The van der Waals surface area contributed by atoms with E-state index in [9.17, 15) is 9.18 Å². The van der Waals surface area contributed by atoms with Crippen LogP contribution in [0.5, 0.6) is 0 Å². The van der Waals surface area contributed by atoms with E-state index in [2.05, 4.69) is 10.2 Å². The number of nitrogens with one attached hydrogen (secondary N) is 1. The monoisotopic (exact) mass is 330 g/mol. The van der Waals surface area contributed by atoms with E-state index >= 15 is 0 Å². The van der Waals surface area contributed by atoms with Crippen LogP contribution in [0.4, 0.5) is 4.39 Å². The molecule has 2 atom stereocenters. The number of carbonyl (C=O) groups is 1. The van der Waals surface area contributed by atoms with Crippen molar-refractivity contribution in [3.05, 3.63) is 35.1 Å². The Bertz CT molecular complexity index is 641. The highest BCUT2D eigenvalue weighted by Gasteiger charge is 2.49. The van der Waals surface area contributed by atoms with Crippen molar-refractivity contribution in [2.24, 2.45) is 0 Å². The predicted molar refractivity (Wildman–Crippen MR) is 92.3 cm³/mol. The van der Waals surface area contributed by atoms with E-state index in [4.69, 9.17) is 0 Å². The molecule has 0 bridgehead atoms. The molecule has 1 N–H and O–H groups in total. The Morgan fingerprint density at radius 3 is 2.83 bits per heavy atom. The number of rotatable bonds is 2. The lowest BCUT2D eigenvalue weighted by molar-refractivity contribution is -0.119. The van der Waals surface area contributed by atoms with E-state index in [0.717, 1.165) is 37.5 Å². The lowest BCUT2D eigenvalue weighted by Gasteiger charge is -2.33. The molecule has 3 nitrogen and oxygen atoms in total. The zero-order chi connectivity index (χ0) is 16.7. The van der Waals surface area contributed by atoms with Gasteiger partial charge in [-0.3, -0.25) is 9.69 Å². The predicted octanol–water partition coefficient (Wildman–Crippen LogP) is 3.68. The minimum atomic E-state index is -0.205. The Morgan fingerprint density at radius 2 is 2.08 bits per heavy atom. The maximum absolute atomic E-state index is 13.8. The van der Waals surface area contributed by atoms with Crippen LogP contribution in [0, 0.1) is 5.82 Å². The number of hydrogen-bond acceptors (Lipinski definition) is 2. The van der Waals surface area contributed by atoms with E-state index in [1.54, 1.807) is 19.1 Å². The molecule has 1 aromatic carbocycles. The Balaban J connectivity index is 1.61. The van der Waals surface area contributed by atoms with Crippen molar-refractivity contribution in [2.75, 3.05) is 13.1 Å². The van der Waals surface area contributed by atoms with Crippen LogP contribution in [0.15, 0.2) is 18.2 Å². The molecule has 24 heavy (non-hydrogen) atoms. The largest absolute Gasteiger partial charge is 0.349 e. The summed E-state index contributed by atoms with van der Waals surface area (Å²) in [6.07, 6.45) is 8.76. The smallest absolute Gasteiger partial charge is 0.217 e. The van der Waals surface area contributed by atoms with Gasteiger partial charge in [0.15, 0.2) is 0 Å². The SMILES string of the molecule is CC(=O)N[C@H]1CC2(CCN(C3CCCCC3)C2)c2ccc(F)cc21. The summed E-state index contributed by atoms with van der Waals surface area (Å²) in [5.41, 5.74) is 2.35. The van der Waals surface area contributed by atoms with Crippen LogP contribution in [0.3, 0.4) is 0 Å². The molecule has 3 aliphatic rings. The number of benzene rings is 1. The molecule has 1 spiro atoms. The van der Waals surface area contributed by atoms with Crippen LogP contribution in [0.2, 0.25) is 0 Å². The molecule has 0 radical (unpaired) electrons. The fourth-order valence-electron chi connectivity index (χ4n) is 5.34. The number of hydrogen-bond donors (Lipinski definition) is 1. The Hall–Kier alpha value is -1.42. The van der Waals surface area contributed by atoms with Gasteiger partial charge in [-0.15, -0.1) is 0 Å². The second-order valence-corrected chi connectivity index (χ2v) is 7.98. The fraction of sp³-hybridized carbons (Fsp3) is 0.650. The van der Waals surface area contributed by atoms with Gasteiger partial charge in [0.05, 0.1) is 6.04 Å². The standard InChI is InChI=1S/C20H27FN2O/c1-14(24)22-19-12-20(18-8-7-15(21)11-17(18)19)9-10-23(13-20)16-5-3-2-4-6-16/h7-8,11,16,19H,2-6,9-10,12-13H2,1H3,(H,22,24)/t19-,20?/m0/s1. The molecule has 1 saturated carbocycles. The van der Waals surface area contributed by atoms with E-state index in [0.29, 0.717) is 0 Å². The van der Waals surface area contributed by atoms with Gasteiger partial charge in [0.1, 0.15) is 5.82 Å². The van der Waals surface area contributed by atoms with Crippen molar-refractivity contribution in [1.29, 1.82) is 0 Å². The molecule has 0 aromatic heterocycles. The molecule has 1 amide bonds. The maximum Gasteiger partial charge on any atom is 0.217 e. The van der Waals surface area contributed by atoms with E-state index < -0.39 is 0 Å². The van der Waals surface area contributed by atoms with Gasteiger partial charge in [-0.05, 0) is 55.5 Å². The first-order valence-corrected chi connectivity index (χ1v) is 9.38. The summed E-state index contributed by atoms with van der Waals surface area (Å²) in [6.45, 7) is 3.74. The number of amides is 1. The molecule has 130 valence electrons. The maximum atomic E-state index is 13.8. The quantitative estimate of drug-likeness (QED) is 0.897. The second kappa shape index (κ2) is 6.14. The first kappa shape index (κ1) is 16.1. The molecule has 1 heterocycles. The third kappa shape index (κ3) is 2.75. The molecule has 2 fully saturated rings. The van der Waals surface area contributed by atoms with Gasteiger partial charge in [-0.25, -0.2) is 4.39 Å². The second-order valence-electron chi connectivity index (χ2n) is 7.98. The zero-order valence-electron chi connectivity index (χ0n) is 14.5. The van der Waals surface area contributed by atoms with Gasteiger partial charge in [-0.1, -0.05) is 25.3 Å². The highest BCUT2D eigenvalue weighted by atomic mass is 19.1. The van der Waals surface area contributed by atoms with Crippen molar-refractivity contribution >= 4 is 5.91 Å². The Labute approximate surface area is 143 Å². The summed E-state index contributed by atoms with van der Waals surface area (Å²) in [5, 5.41) is 3.05. The van der Waals surface area contributed by atoms with Gasteiger partial charge in [-0.2, -0.15) is 0 Å². The number of halogens is 1. The lowest BCUT2D eigenvalue weighted by atomic mass is 9.81. The Kier molecular flexibility index (Phi) is 4.11. The van der Waals surface area contributed by atoms with Crippen LogP contribution in [-0.2, 0) is 10.2 Å². The third-order valence-electron chi connectivity index (χ3n) is 6.41. The van der Waals surface area contributed by atoms with Gasteiger partial charge < -0.3 is 5.32 Å². The Morgan fingerprint density at radius 1 is 1.29 bits per heavy atom. The van der Waals surface area contributed by atoms with Crippen LogP contribution in [0.1, 0.15) is 69.0 Å². The van der Waals surface area contributed by atoms with E-state index in [-0.39, 0.29) is 23.2 Å². The summed E-state index contributed by atoms with van der Waals surface area (Å²) in [4.78, 5) is 14.3. The molecule has 2 aliphatic carbocycles. The fourth-order valence-corrected chi connectivity index (χ4v) is 5.34. The van der Waals surface area contributed by atoms with Gasteiger partial charge in [0.25, 0.3) is 0 Å². The first-order valence-electron chi connectivity index (χ1n) is 9.38. The first-order chi connectivity index (χ1) is 11.6. The van der Waals surface area contributed by atoms with Crippen LogP contribution in [0.25, 0.3) is 0 Å². The molecule has 1 aromatic rings. The lowest BCUT2D eigenvalue weighted by Crippen LogP contribution is -2.38. The van der Waals surface area contributed by atoms with Crippen molar-refractivity contribution in [3.63, 3.8) is 0 Å². The average Bonchev–Trinajstić information content (AvgIpc) is 3.11. The minimum Gasteiger partial charge on any atom is -0.349 e. The molecule has 1 unspecified atom stereocenters. The van der Waals surface area contributed by atoms with E-state index in [1.807, 2.05) is 6.07 Å². The van der Waals surface area contributed by atoms with E-state index in [1.165, 1.54) is 37.7 Å². The summed E-state index contributed by atoms with van der Waals surface area (Å²) < 4.78 is 13.8. The van der Waals surface area contributed by atoms with Crippen molar-refractivity contribution < 1.29 is 9.18 Å². The molecule has 4 heteroatoms. The molecular formula is C20H27FN2O. The van der Waals surface area contributed by atoms with Gasteiger partial charge in [0, 0.05) is 24.9 Å².